The van der Waals surface area contributed by atoms with Crippen LogP contribution in [0.5, 0.6) is 5.75 Å². The number of carbonyl (C=O) groups excluding carboxylic acids is 1. The largest absolute Gasteiger partial charge is 0.506 e. The number of piperidine rings is 1. The highest BCUT2D eigenvalue weighted by Crippen LogP contribution is 2.38. The number of pyridine rings is 1. The third-order valence-electron chi connectivity index (χ3n) is 6.02. The maximum atomic E-state index is 11.6. The van der Waals surface area contributed by atoms with Crippen LogP contribution in [-0.2, 0) is 4.79 Å². The fourth-order valence-corrected chi connectivity index (χ4v) is 4.38. The van der Waals surface area contributed by atoms with Crippen molar-refractivity contribution in [1.29, 1.82) is 0 Å². The zero-order chi connectivity index (χ0) is 22.4. The summed E-state index contributed by atoms with van der Waals surface area (Å²) in [5.74, 6) is 0.997. The minimum absolute atomic E-state index is 0.00921. The molecular weight excluding hydrogens is 430 g/mol. The molecule has 9 heteroatoms. The molecule has 1 aromatic carbocycles. The van der Waals surface area contributed by atoms with E-state index < -0.39 is 0 Å². The molecule has 3 aromatic heterocycles. The van der Waals surface area contributed by atoms with Crippen LogP contribution in [0.2, 0.25) is 5.02 Å². The normalized spacial score (nSPS) is 14.9. The van der Waals surface area contributed by atoms with Crippen molar-refractivity contribution < 1.29 is 14.3 Å². The molecule has 1 amide bonds. The average molecular weight is 452 g/mol. The number of rotatable bonds is 3. The summed E-state index contributed by atoms with van der Waals surface area (Å²) in [4.78, 5) is 17.8. The number of halogens is 1. The molecule has 1 saturated heterocycles. The van der Waals surface area contributed by atoms with Gasteiger partial charge in [-0.2, -0.15) is 5.10 Å². The Bertz CT molecular complexity index is 1320. The van der Waals surface area contributed by atoms with Crippen molar-refractivity contribution in [3.63, 3.8) is 0 Å². The first-order valence-electron chi connectivity index (χ1n) is 10.4. The Kier molecular flexibility index (Phi) is 5.01. The fraction of sp³-hybridized carbons (Fsp3) is 0.261. The number of nitrogens with zero attached hydrogens (tertiary/aromatic N) is 4. The number of aromatic hydroxyl groups is 1. The third-order valence-corrected chi connectivity index (χ3v) is 6.32. The fourth-order valence-electron chi connectivity index (χ4n) is 4.20. The van der Waals surface area contributed by atoms with Gasteiger partial charge in [-0.05, 0) is 37.1 Å². The predicted octanol–water partition coefficient (Wildman–Crippen LogP) is 4.48. The van der Waals surface area contributed by atoms with Gasteiger partial charge in [-0.1, -0.05) is 11.6 Å². The van der Waals surface area contributed by atoms with Crippen LogP contribution in [0.4, 0.5) is 5.82 Å². The number of hydrogen-bond donors (Lipinski definition) is 2. The van der Waals surface area contributed by atoms with Gasteiger partial charge >= 0.3 is 0 Å². The maximum Gasteiger partial charge on any atom is 0.219 e. The molecular formula is C23H22ClN5O3. The lowest BCUT2D eigenvalue weighted by molar-refractivity contribution is -0.130. The molecule has 4 aromatic rings. The SMILES string of the molecule is CC(=O)N1CCC(n2cc(-c3cnc(N)c4oc(-c5ccc(O)c(Cl)c5)cc34)cn2)CC1. The van der Waals surface area contributed by atoms with Crippen molar-refractivity contribution >= 4 is 34.3 Å². The monoisotopic (exact) mass is 451 g/mol. The number of benzene rings is 1. The first kappa shape index (κ1) is 20.4. The smallest absolute Gasteiger partial charge is 0.219 e. The Balaban J connectivity index is 1.49. The van der Waals surface area contributed by atoms with Crippen LogP contribution in [0.15, 0.2) is 47.3 Å². The highest BCUT2D eigenvalue weighted by molar-refractivity contribution is 6.32. The molecule has 0 saturated carbocycles. The molecule has 32 heavy (non-hydrogen) atoms. The van der Waals surface area contributed by atoms with E-state index in [2.05, 4.69) is 10.1 Å². The number of anilines is 1. The van der Waals surface area contributed by atoms with Gasteiger partial charge < -0.3 is 20.2 Å². The summed E-state index contributed by atoms with van der Waals surface area (Å²) in [6, 6.07) is 7.04. The van der Waals surface area contributed by atoms with E-state index in [9.17, 15) is 9.90 Å². The van der Waals surface area contributed by atoms with Crippen molar-refractivity contribution in [2.24, 2.45) is 0 Å². The quantitative estimate of drug-likeness (QED) is 0.475. The summed E-state index contributed by atoms with van der Waals surface area (Å²) in [5, 5.41) is 15.3. The van der Waals surface area contributed by atoms with Gasteiger partial charge in [-0.25, -0.2) is 4.98 Å². The van der Waals surface area contributed by atoms with Crippen molar-refractivity contribution in [3.05, 3.63) is 47.9 Å². The number of carbonyl (C=O) groups is 1. The lowest BCUT2D eigenvalue weighted by Crippen LogP contribution is -2.37. The second kappa shape index (κ2) is 7.87. The molecule has 1 aliphatic rings. The zero-order valence-electron chi connectivity index (χ0n) is 17.5. The number of amides is 1. The topological polar surface area (TPSA) is 110 Å². The molecule has 1 fully saturated rings. The van der Waals surface area contributed by atoms with Gasteiger partial charge in [0.1, 0.15) is 11.5 Å². The number of likely N-dealkylation sites (tertiary alicyclic amines) is 1. The van der Waals surface area contributed by atoms with Gasteiger partial charge in [0.05, 0.1) is 17.3 Å². The molecule has 0 aliphatic carbocycles. The zero-order valence-corrected chi connectivity index (χ0v) is 18.2. The van der Waals surface area contributed by atoms with E-state index in [1.807, 2.05) is 28.0 Å². The average Bonchev–Trinajstić information content (AvgIpc) is 3.45. The molecule has 5 rings (SSSR count). The lowest BCUT2D eigenvalue weighted by atomic mass is 10.0. The van der Waals surface area contributed by atoms with Crippen LogP contribution in [0.25, 0.3) is 33.4 Å². The third kappa shape index (κ3) is 3.56. The Hall–Kier alpha value is -3.52. The first-order valence-corrected chi connectivity index (χ1v) is 10.8. The van der Waals surface area contributed by atoms with Crippen LogP contribution in [-0.4, -0.2) is 43.8 Å². The van der Waals surface area contributed by atoms with E-state index in [0.717, 1.165) is 48.0 Å². The van der Waals surface area contributed by atoms with E-state index in [1.165, 1.54) is 6.07 Å². The number of hydrogen-bond acceptors (Lipinski definition) is 6. The standard InChI is InChI=1S/C23H22ClN5O3/c1-13(30)28-6-4-16(5-7-28)29-12-15(10-27-29)18-11-26-23(25)22-17(18)9-21(32-22)14-2-3-20(31)19(24)8-14/h2-3,8-12,16,31H,4-7H2,1H3,(H2,25,26). The minimum atomic E-state index is 0.00921. The summed E-state index contributed by atoms with van der Waals surface area (Å²) in [7, 11) is 0. The van der Waals surface area contributed by atoms with Gasteiger partial charge in [-0.15, -0.1) is 0 Å². The molecule has 0 bridgehead atoms. The van der Waals surface area contributed by atoms with Crippen LogP contribution >= 0.6 is 11.6 Å². The van der Waals surface area contributed by atoms with Crippen LogP contribution < -0.4 is 5.73 Å². The van der Waals surface area contributed by atoms with Crippen LogP contribution in [0, 0.1) is 0 Å². The van der Waals surface area contributed by atoms with E-state index in [4.69, 9.17) is 21.8 Å². The Morgan fingerprint density at radius 2 is 2.00 bits per heavy atom. The summed E-state index contributed by atoms with van der Waals surface area (Å²) >= 11 is 6.06. The summed E-state index contributed by atoms with van der Waals surface area (Å²) in [5.41, 5.74) is 9.07. The van der Waals surface area contributed by atoms with Crippen molar-refractivity contribution in [2.75, 3.05) is 18.8 Å². The molecule has 0 spiro atoms. The predicted molar refractivity (Wildman–Crippen MR) is 122 cm³/mol. The molecule has 8 nitrogen and oxygen atoms in total. The highest BCUT2D eigenvalue weighted by Gasteiger charge is 2.23. The molecule has 164 valence electrons. The highest BCUT2D eigenvalue weighted by atomic mass is 35.5. The number of furan rings is 1. The van der Waals surface area contributed by atoms with E-state index in [0.29, 0.717) is 17.2 Å². The molecule has 4 heterocycles. The maximum absolute atomic E-state index is 11.6. The van der Waals surface area contributed by atoms with Crippen molar-refractivity contribution in [2.45, 2.75) is 25.8 Å². The summed E-state index contributed by atoms with van der Waals surface area (Å²) < 4.78 is 7.97. The summed E-state index contributed by atoms with van der Waals surface area (Å²) in [6.07, 6.45) is 7.28. The molecule has 0 atom stereocenters. The summed E-state index contributed by atoms with van der Waals surface area (Å²) in [6.45, 7) is 3.09. The Morgan fingerprint density at radius 1 is 1.22 bits per heavy atom. The molecule has 1 aliphatic heterocycles. The van der Waals surface area contributed by atoms with E-state index in [1.54, 1.807) is 25.3 Å². The van der Waals surface area contributed by atoms with E-state index >= 15 is 0 Å². The van der Waals surface area contributed by atoms with Crippen molar-refractivity contribution in [3.8, 4) is 28.2 Å². The second-order valence-electron chi connectivity index (χ2n) is 8.02. The van der Waals surface area contributed by atoms with Gasteiger partial charge in [0.2, 0.25) is 5.91 Å². The Labute approximate surface area is 189 Å². The van der Waals surface area contributed by atoms with Gasteiger partial charge in [0.15, 0.2) is 11.4 Å². The first-order chi connectivity index (χ1) is 15.4. The van der Waals surface area contributed by atoms with Gasteiger partial charge in [0.25, 0.3) is 0 Å². The van der Waals surface area contributed by atoms with Gasteiger partial charge in [0, 0.05) is 54.5 Å². The van der Waals surface area contributed by atoms with Crippen LogP contribution in [0.3, 0.4) is 0 Å². The number of nitrogens with two attached hydrogens (primary N) is 1. The molecule has 0 radical (unpaired) electrons. The molecule has 0 unspecified atom stereocenters. The lowest BCUT2D eigenvalue weighted by Gasteiger charge is -2.31. The number of nitrogen functional groups attached to an aromatic ring is 1. The Morgan fingerprint density at radius 3 is 2.72 bits per heavy atom. The number of fused-ring (bicyclic) bond motifs is 1. The minimum Gasteiger partial charge on any atom is -0.506 e. The van der Waals surface area contributed by atoms with E-state index in [-0.39, 0.29) is 22.7 Å². The molecule has 3 N–H and O–H groups in total. The van der Waals surface area contributed by atoms with Gasteiger partial charge in [-0.3, -0.25) is 9.48 Å². The number of aromatic nitrogens is 3. The van der Waals surface area contributed by atoms with Crippen molar-refractivity contribution in [1.82, 2.24) is 19.7 Å². The van der Waals surface area contributed by atoms with Crippen LogP contribution in [0.1, 0.15) is 25.8 Å². The number of phenols is 1. The number of phenolic OH excluding ortho intramolecular Hbond substituents is 1. The second-order valence-corrected chi connectivity index (χ2v) is 8.43.